The van der Waals surface area contributed by atoms with Crippen molar-refractivity contribution in [3.63, 3.8) is 0 Å². The average molecular weight is 433 g/mol. The quantitative estimate of drug-likeness (QED) is 0.455. The normalized spacial score (nSPS) is 11.6. The first kappa shape index (κ1) is 22.4. The van der Waals surface area contributed by atoms with Crippen LogP contribution in [0.25, 0.3) is 0 Å². The number of benzene rings is 2. The van der Waals surface area contributed by atoms with Crippen molar-refractivity contribution < 1.29 is 22.7 Å². The first-order chi connectivity index (χ1) is 13.1. The second kappa shape index (κ2) is 9.54. The molecule has 0 fully saturated rings. The van der Waals surface area contributed by atoms with Crippen LogP contribution in [0.15, 0.2) is 41.3 Å². The fourth-order valence-corrected chi connectivity index (χ4v) is 3.39. The van der Waals surface area contributed by atoms with E-state index in [1.165, 1.54) is 17.8 Å². The first-order valence-electron chi connectivity index (χ1n) is 8.35. The highest BCUT2D eigenvalue weighted by molar-refractivity contribution is 7.99. The van der Waals surface area contributed by atoms with Crippen LogP contribution in [0, 0.1) is 0 Å². The zero-order valence-electron chi connectivity index (χ0n) is 15.6. The van der Waals surface area contributed by atoms with Gasteiger partial charge in [-0.05, 0) is 51.4 Å². The van der Waals surface area contributed by atoms with E-state index >= 15 is 0 Å². The van der Waals surface area contributed by atoms with Gasteiger partial charge in [0.25, 0.3) is 5.91 Å². The number of anilines is 1. The van der Waals surface area contributed by atoms with Gasteiger partial charge in [0.05, 0.1) is 22.9 Å². The van der Waals surface area contributed by atoms with Crippen molar-refractivity contribution in [2.75, 3.05) is 31.9 Å². The van der Waals surface area contributed by atoms with Crippen molar-refractivity contribution in [3.8, 4) is 5.75 Å². The molecule has 0 atom stereocenters. The molecule has 1 amide bonds. The maximum atomic E-state index is 13.1. The summed E-state index contributed by atoms with van der Waals surface area (Å²) in [6, 6.07) is 8.37. The number of thioether (sulfide) groups is 1. The van der Waals surface area contributed by atoms with Gasteiger partial charge in [0.1, 0.15) is 5.75 Å². The Morgan fingerprint density at radius 1 is 1.25 bits per heavy atom. The first-order valence-corrected chi connectivity index (χ1v) is 9.71. The highest BCUT2D eigenvalue weighted by atomic mass is 35.5. The molecule has 0 radical (unpaired) electrons. The SMILES string of the molecule is CCOc1cccc(SCN(C)C)c1NC(=O)c1ccc(Cl)c(C(F)(F)F)c1. The van der Waals surface area contributed by atoms with Crippen LogP contribution in [0.5, 0.6) is 5.75 Å². The Bertz CT molecular complexity index is 844. The van der Waals surface area contributed by atoms with E-state index in [0.717, 1.165) is 17.0 Å². The number of halogens is 4. The molecule has 0 unspecified atom stereocenters. The monoisotopic (exact) mass is 432 g/mol. The number of rotatable bonds is 7. The lowest BCUT2D eigenvalue weighted by molar-refractivity contribution is -0.137. The van der Waals surface area contributed by atoms with Gasteiger partial charge in [0.2, 0.25) is 0 Å². The summed E-state index contributed by atoms with van der Waals surface area (Å²) < 4.78 is 44.8. The number of nitrogens with zero attached hydrogens (tertiary/aromatic N) is 1. The summed E-state index contributed by atoms with van der Waals surface area (Å²) in [5, 5.41) is 2.23. The molecule has 0 saturated carbocycles. The van der Waals surface area contributed by atoms with Crippen molar-refractivity contribution in [1.82, 2.24) is 4.90 Å². The van der Waals surface area contributed by atoms with Gasteiger partial charge in [0.15, 0.2) is 0 Å². The summed E-state index contributed by atoms with van der Waals surface area (Å²) >= 11 is 7.10. The summed E-state index contributed by atoms with van der Waals surface area (Å²) in [4.78, 5) is 15.4. The number of para-hydroxylation sites is 1. The fraction of sp³-hybridized carbons (Fsp3) is 0.316. The lowest BCUT2D eigenvalue weighted by Gasteiger charge is -2.17. The van der Waals surface area contributed by atoms with Gasteiger partial charge in [-0.1, -0.05) is 17.7 Å². The Hall–Kier alpha value is -1.90. The molecule has 152 valence electrons. The highest BCUT2D eigenvalue weighted by Crippen LogP contribution is 2.37. The molecule has 1 N–H and O–H groups in total. The maximum Gasteiger partial charge on any atom is 0.417 e. The molecule has 0 aromatic heterocycles. The molecule has 0 aliphatic rings. The molecule has 2 aromatic rings. The number of hydrogen-bond acceptors (Lipinski definition) is 4. The molecule has 2 aromatic carbocycles. The average Bonchev–Trinajstić information content (AvgIpc) is 2.61. The van der Waals surface area contributed by atoms with E-state index in [0.29, 0.717) is 23.9 Å². The second-order valence-electron chi connectivity index (χ2n) is 6.06. The predicted molar refractivity (Wildman–Crippen MR) is 106 cm³/mol. The number of alkyl halides is 3. The van der Waals surface area contributed by atoms with Crippen molar-refractivity contribution in [1.29, 1.82) is 0 Å². The van der Waals surface area contributed by atoms with Crippen LogP contribution in [-0.2, 0) is 6.18 Å². The molecule has 0 aliphatic carbocycles. The number of carbonyl (C=O) groups is 1. The van der Waals surface area contributed by atoms with E-state index in [2.05, 4.69) is 5.32 Å². The molecule has 28 heavy (non-hydrogen) atoms. The van der Waals surface area contributed by atoms with Crippen molar-refractivity contribution >= 4 is 35.0 Å². The standard InChI is InChI=1S/C19H20ClF3N2O2S/c1-4-27-15-6-5-7-16(28-11-25(2)3)17(15)24-18(26)12-8-9-14(20)13(10-12)19(21,22)23/h5-10H,4,11H2,1-3H3,(H,24,26). The summed E-state index contributed by atoms with van der Waals surface area (Å²) in [6.45, 7) is 2.18. The molecule has 0 aliphatic heterocycles. The largest absolute Gasteiger partial charge is 0.492 e. The fourth-order valence-electron chi connectivity index (χ4n) is 2.30. The van der Waals surface area contributed by atoms with E-state index in [9.17, 15) is 18.0 Å². The van der Waals surface area contributed by atoms with E-state index in [1.807, 2.05) is 25.1 Å². The van der Waals surface area contributed by atoms with Gasteiger partial charge in [-0.25, -0.2) is 0 Å². The molecule has 0 bridgehead atoms. The molecular weight excluding hydrogens is 413 g/mol. The van der Waals surface area contributed by atoms with Crippen molar-refractivity contribution in [2.45, 2.75) is 18.0 Å². The van der Waals surface area contributed by atoms with Gasteiger partial charge in [-0.15, -0.1) is 11.8 Å². The van der Waals surface area contributed by atoms with E-state index in [4.69, 9.17) is 16.3 Å². The summed E-state index contributed by atoms with van der Waals surface area (Å²) in [5.41, 5.74) is -0.779. The lowest BCUT2D eigenvalue weighted by atomic mass is 10.1. The molecule has 0 spiro atoms. The van der Waals surface area contributed by atoms with E-state index in [1.54, 1.807) is 19.1 Å². The van der Waals surface area contributed by atoms with E-state index in [-0.39, 0.29) is 5.56 Å². The van der Waals surface area contributed by atoms with Crippen LogP contribution in [0.1, 0.15) is 22.8 Å². The Labute approximate surface area is 171 Å². The van der Waals surface area contributed by atoms with E-state index < -0.39 is 22.7 Å². The zero-order chi connectivity index (χ0) is 20.9. The molecule has 9 heteroatoms. The van der Waals surface area contributed by atoms with Crippen LogP contribution in [-0.4, -0.2) is 37.4 Å². The molecule has 0 heterocycles. The van der Waals surface area contributed by atoms with Gasteiger partial charge >= 0.3 is 6.18 Å². The third-order valence-electron chi connectivity index (χ3n) is 3.54. The van der Waals surface area contributed by atoms with Crippen LogP contribution >= 0.6 is 23.4 Å². The van der Waals surface area contributed by atoms with Crippen LogP contribution in [0.2, 0.25) is 5.02 Å². The second-order valence-corrected chi connectivity index (χ2v) is 7.46. The Morgan fingerprint density at radius 3 is 2.57 bits per heavy atom. The van der Waals surface area contributed by atoms with Crippen LogP contribution in [0.4, 0.5) is 18.9 Å². The van der Waals surface area contributed by atoms with Gasteiger partial charge in [0, 0.05) is 16.3 Å². The number of ether oxygens (including phenoxy) is 1. The van der Waals surface area contributed by atoms with Crippen molar-refractivity contribution in [2.24, 2.45) is 0 Å². The Balaban J connectivity index is 2.37. The third kappa shape index (κ3) is 5.80. The topological polar surface area (TPSA) is 41.6 Å². The van der Waals surface area contributed by atoms with Crippen LogP contribution < -0.4 is 10.1 Å². The number of carbonyl (C=O) groups excluding carboxylic acids is 1. The zero-order valence-corrected chi connectivity index (χ0v) is 17.1. The van der Waals surface area contributed by atoms with Crippen molar-refractivity contribution in [3.05, 3.63) is 52.5 Å². The summed E-state index contributed by atoms with van der Waals surface area (Å²) in [7, 11) is 3.81. The van der Waals surface area contributed by atoms with Gasteiger partial charge in [-0.3, -0.25) is 9.69 Å². The number of nitrogens with one attached hydrogen (secondary N) is 1. The predicted octanol–water partition coefficient (Wildman–Crippen LogP) is 5.62. The maximum absolute atomic E-state index is 13.1. The molecular formula is C19H20ClF3N2O2S. The minimum Gasteiger partial charge on any atom is -0.492 e. The lowest BCUT2D eigenvalue weighted by Crippen LogP contribution is -2.16. The molecule has 0 saturated heterocycles. The minimum atomic E-state index is -4.65. The third-order valence-corrected chi connectivity index (χ3v) is 5.16. The summed E-state index contributed by atoms with van der Waals surface area (Å²) in [6.07, 6.45) is -4.65. The molecule has 4 nitrogen and oxygen atoms in total. The molecule has 2 rings (SSSR count). The van der Waals surface area contributed by atoms with Gasteiger partial charge in [-0.2, -0.15) is 13.2 Å². The number of hydrogen-bond donors (Lipinski definition) is 1. The number of amides is 1. The Morgan fingerprint density at radius 2 is 1.96 bits per heavy atom. The highest BCUT2D eigenvalue weighted by Gasteiger charge is 2.34. The summed E-state index contributed by atoms with van der Waals surface area (Å²) in [5.74, 6) is 0.420. The Kier molecular flexibility index (Phi) is 7.63. The minimum absolute atomic E-state index is 0.147. The smallest absolute Gasteiger partial charge is 0.417 e. The van der Waals surface area contributed by atoms with Crippen LogP contribution in [0.3, 0.4) is 0 Å². The van der Waals surface area contributed by atoms with Gasteiger partial charge < -0.3 is 10.1 Å².